The van der Waals surface area contributed by atoms with Crippen LogP contribution in [0.15, 0.2) is 77.8 Å². The molecule has 1 atom stereocenters. The van der Waals surface area contributed by atoms with Gasteiger partial charge in [0.2, 0.25) is 10.0 Å². The molecule has 7 nitrogen and oxygen atoms in total. The Morgan fingerprint density at radius 3 is 2.58 bits per heavy atom. The molecule has 31 heavy (non-hydrogen) atoms. The molecule has 1 unspecified atom stereocenters. The molecule has 0 spiro atoms. The zero-order chi connectivity index (χ0) is 21.8. The molecule has 0 aliphatic carbocycles. The van der Waals surface area contributed by atoms with Gasteiger partial charge in [0.05, 0.1) is 10.6 Å². The molecule has 8 heteroatoms. The highest BCUT2D eigenvalue weighted by Gasteiger charge is 2.29. The van der Waals surface area contributed by atoms with Crippen molar-refractivity contribution in [3.63, 3.8) is 0 Å². The Hall–Kier alpha value is -3.23. The third-order valence-electron chi connectivity index (χ3n) is 5.06. The SMILES string of the molecule is CC1Oc2ccc(S(=O)(=O)N(CCc3ccccn3)Cc3ccccc3)cc2NC1=O. The maximum absolute atomic E-state index is 13.5. The molecular weight excluding hydrogens is 414 g/mol. The van der Waals surface area contributed by atoms with Crippen LogP contribution >= 0.6 is 0 Å². The zero-order valence-electron chi connectivity index (χ0n) is 17.1. The summed E-state index contributed by atoms with van der Waals surface area (Å²) < 4.78 is 34.1. The number of hydrogen-bond donors (Lipinski definition) is 1. The summed E-state index contributed by atoms with van der Waals surface area (Å²) in [5, 5.41) is 2.71. The molecule has 0 saturated carbocycles. The molecule has 3 aromatic rings. The maximum atomic E-state index is 13.5. The molecule has 2 aromatic carbocycles. The quantitative estimate of drug-likeness (QED) is 0.613. The first kappa shape index (κ1) is 21.0. The molecule has 0 radical (unpaired) electrons. The summed E-state index contributed by atoms with van der Waals surface area (Å²) in [4.78, 5) is 16.3. The number of sulfonamides is 1. The lowest BCUT2D eigenvalue weighted by Gasteiger charge is -2.26. The number of anilines is 1. The second-order valence-electron chi connectivity index (χ2n) is 7.30. The first-order valence-corrected chi connectivity index (χ1v) is 11.4. The average molecular weight is 438 g/mol. The largest absolute Gasteiger partial charge is 0.479 e. The van der Waals surface area contributed by atoms with Crippen LogP contribution in [0.4, 0.5) is 5.69 Å². The van der Waals surface area contributed by atoms with Crippen LogP contribution in [0.3, 0.4) is 0 Å². The highest BCUT2D eigenvalue weighted by molar-refractivity contribution is 7.89. The molecule has 1 N–H and O–H groups in total. The van der Waals surface area contributed by atoms with Crippen LogP contribution in [0.1, 0.15) is 18.2 Å². The number of hydrogen-bond acceptors (Lipinski definition) is 5. The van der Waals surface area contributed by atoms with Crippen LogP contribution in [0.5, 0.6) is 5.75 Å². The van der Waals surface area contributed by atoms with Crippen molar-refractivity contribution in [2.75, 3.05) is 11.9 Å². The van der Waals surface area contributed by atoms with Gasteiger partial charge in [0, 0.05) is 31.4 Å². The van der Waals surface area contributed by atoms with Crippen LogP contribution in [0, 0.1) is 0 Å². The summed E-state index contributed by atoms with van der Waals surface area (Å²) in [5.41, 5.74) is 2.06. The van der Waals surface area contributed by atoms with Gasteiger partial charge in [0.15, 0.2) is 6.10 Å². The minimum Gasteiger partial charge on any atom is -0.479 e. The Balaban J connectivity index is 1.64. The summed E-state index contributed by atoms with van der Waals surface area (Å²) in [6.45, 7) is 2.14. The van der Waals surface area contributed by atoms with Gasteiger partial charge >= 0.3 is 0 Å². The summed E-state index contributed by atoms with van der Waals surface area (Å²) >= 11 is 0. The van der Waals surface area contributed by atoms with Gasteiger partial charge in [-0.1, -0.05) is 36.4 Å². The van der Waals surface area contributed by atoms with Gasteiger partial charge < -0.3 is 10.1 Å². The number of nitrogens with one attached hydrogen (secondary N) is 1. The minimum absolute atomic E-state index is 0.0988. The summed E-state index contributed by atoms with van der Waals surface area (Å²) in [6.07, 6.45) is 1.55. The lowest BCUT2D eigenvalue weighted by Crippen LogP contribution is -2.35. The number of ether oxygens (including phenoxy) is 1. The molecule has 4 rings (SSSR count). The molecule has 160 valence electrons. The fraction of sp³-hybridized carbons (Fsp3) is 0.217. The van der Waals surface area contributed by atoms with E-state index in [-0.39, 0.29) is 23.9 Å². The predicted octanol–water partition coefficient (Wildman–Crippen LogP) is 3.23. The fourth-order valence-electron chi connectivity index (χ4n) is 3.35. The zero-order valence-corrected chi connectivity index (χ0v) is 17.9. The van der Waals surface area contributed by atoms with Crippen LogP contribution < -0.4 is 10.1 Å². The number of carbonyl (C=O) groups excluding carboxylic acids is 1. The summed E-state index contributed by atoms with van der Waals surface area (Å²) in [7, 11) is -3.84. The highest BCUT2D eigenvalue weighted by Crippen LogP contribution is 2.33. The Labute approximate surface area is 181 Å². The average Bonchev–Trinajstić information content (AvgIpc) is 2.78. The third-order valence-corrected chi connectivity index (χ3v) is 6.91. The number of nitrogens with zero attached hydrogens (tertiary/aromatic N) is 2. The lowest BCUT2D eigenvalue weighted by atomic mass is 10.2. The Bertz CT molecular complexity index is 1170. The van der Waals surface area contributed by atoms with Crippen molar-refractivity contribution in [2.45, 2.75) is 30.9 Å². The van der Waals surface area contributed by atoms with Gasteiger partial charge in [0.1, 0.15) is 5.75 Å². The van der Waals surface area contributed by atoms with E-state index in [1.807, 2.05) is 48.5 Å². The van der Waals surface area contributed by atoms with E-state index in [0.717, 1.165) is 11.3 Å². The van der Waals surface area contributed by atoms with Gasteiger partial charge in [-0.05, 0) is 42.8 Å². The molecule has 1 amide bonds. The predicted molar refractivity (Wildman–Crippen MR) is 117 cm³/mol. The normalized spacial score (nSPS) is 15.8. The Kier molecular flexibility index (Phi) is 6.01. The van der Waals surface area contributed by atoms with E-state index in [1.54, 1.807) is 19.2 Å². The number of aromatic nitrogens is 1. The maximum Gasteiger partial charge on any atom is 0.265 e. The topological polar surface area (TPSA) is 88.6 Å². The van der Waals surface area contributed by atoms with Gasteiger partial charge in [-0.25, -0.2) is 8.42 Å². The van der Waals surface area contributed by atoms with Gasteiger partial charge in [-0.3, -0.25) is 9.78 Å². The van der Waals surface area contributed by atoms with E-state index in [1.165, 1.54) is 16.4 Å². The Morgan fingerprint density at radius 1 is 1.06 bits per heavy atom. The standard InChI is InChI=1S/C23H23N3O4S/c1-17-23(27)25-21-15-20(10-11-22(21)30-17)31(28,29)26(16-18-7-3-2-4-8-18)14-12-19-9-5-6-13-24-19/h2-11,13,15,17H,12,14,16H2,1H3,(H,25,27). The number of rotatable bonds is 7. The number of fused-ring (bicyclic) bond motifs is 1. The van der Waals surface area contributed by atoms with Crippen molar-refractivity contribution in [3.8, 4) is 5.75 Å². The molecule has 0 saturated heterocycles. The number of benzene rings is 2. The van der Waals surface area contributed by atoms with E-state index in [0.29, 0.717) is 17.9 Å². The number of pyridine rings is 1. The van der Waals surface area contributed by atoms with E-state index in [9.17, 15) is 13.2 Å². The number of amides is 1. The smallest absolute Gasteiger partial charge is 0.265 e. The van der Waals surface area contributed by atoms with Gasteiger partial charge in [-0.2, -0.15) is 4.31 Å². The van der Waals surface area contributed by atoms with E-state index in [2.05, 4.69) is 10.3 Å². The molecule has 0 fully saturated rings. The molecule has 2 heterocycles. The van der Waals surface area contributed by atoms with Crippen molar-refractivity contribution in [3.05, 3.63) is 84.2 Å². The van der Waals surface area contributed by atoms with Crippen molar-refractivity contribution in [2.24, 2.45) is 0 Å². The van der Waals surface area contributed by atoms with Crippen LogP contribution in [-0.4, -0.2) is 36.3 Å². The van der Waals surface area contributed by atoms with E-state index in [4.69, 9.17) is 4.74 Å². The number of carbonyl (C=O) groups is 1. The first-order valence-electron chi connectivity index (χ1n) is 9.99. The molecule has 0 bridgehead atoms. The van der Waals surface area contributed by atoms with Crippen molar-refractivity contribution >= 4 is 21.6 Å². The second kappa shape index (κ2) is 8.87. The van der Waals surface area contributed by atoms with Crippen molar-refractivity contribution < 1.29 is 17.9 Å². The third kappa shape index (κ3) is 4.76. The summed E-state index contributed by atoms with van der Waals surface area (Å²) in [6, 6.07) is 19.6. The lowest BCUT2D eigenvalue weighted by molar-refractivity contribution is -0.122. The first-order chi connectivity index (χ1) is 14.9. The molecular formula is C23H23N3O4S. The van der Waals surface area contributed by atoms with Crippen LogP contribution in [0.25, 0.3) is 0 Å². The van der Waals surface area contributed by atoms with Crippen LogP contribution in [0.2, 0.25) is 0 Å². The molecule has 1 aliphatic heterocycles. The molecule has 1 aliphatic rings. The molecule has 1 aromatic heterocycles. The second-order valence-corrected chi connectivity index (χ2v) is 9.24. The van der Waals surface area contributed by atoms with E-state index >= 15 is 0 Å². The Morgan fingerprint density at radius 2 is 1.84 bits per heavy atom. The van der Waals surface area contributed by atoms with Crippen molar-refractivity contribution in [1.82, 2.24) is 9.29 Å². The summed E-state index contributed by atoms with van der Waals surface area (Å²) in [5.74, 6) is 0.146. The van der Waals surface area contributed by atoms with Gasteiger partial charge in [-0.15, -0.1) is 0 Å². The minimum atomic E-state index is -3.84. The fourth-order valence-corrected chi connectivity index (χ4v) is 4.81. The van der Waals surface area contributed by atoms with Crippen molar-refractivity contribution in [1.29, 1.82) is 0 Å². The highest BCUT2D eigenvalue weighted by atomic mass is 32.2. The van der Waals surface area contributed by atoms with Crippen LogP contribution in [-0.2, 0) is 27.8 Å². The van der Waals surface area contributed by atoms with Gasteiger partial charge in [0.25, 0.3) is 5.91 Å². The van der Waals surface area contributed by atoms with E-state index < -0.39 is 16.1 Å². The monoisotopic (exact) mass is 437 g/mol.